The Bertz CT molecular complexity index is 395. The van der Waals surface area contributed by atoms with Crippen LogP contribution in [0, 0.1) is 3.57 Å². The summed E-state index contributed by atoms with van der Waals surface area (Å²) in [5.74, 6) is 0. The van der Waals surface area contributed by atoms with Crippen molar-refractivity contribution in [2.45, 2.75) is 12.2 Å². The molecule has 0 radical (unpaired) electrons. The SMILES string of the molecule is Cl.Cl.FC(F)(F)[C@H](c1ccc(I)cc1)N1CCNCC1. The summed E-state index contributed by atoms with van der Waals surface area (Å²) < 4.78 is 40.6. The zero-order chi connectivity index (χ0) is 13.2. The van der Waals surface area contributed by atoms with Crippen LogP contribution in [0.3, 0.4) is 0 Å². The molecule has 0 amide bonds. The second-order valence-electron chi connectivity index (χ2n) is 4.28. The van der Waals surface area contributed by atoms with E-state index >= 15 is 0 Å². The molecule has 0 spiro atoms. The van der Waals surface area contributed by atoms with Gasteiger partial charge in [0, 0.05) is 29.7 Å². The van der Waals surface area contributed by atoms with E-state index in [1.165, 1.54) is 4.90 Å². The molecule has 1 N–H and O–H groups in total. The maximum atomic E-state index is 13.2. The van der Waals surface area contributed by atoms with Gasteiger partial charge in [-0.3, -0.25) is 4.90 Å². The normalized spacial score (nSPS) is 17.8. The first-order chi connectivity index (χ1) is 8.48. The average Bonchev–Trinajstić information content (AvgIpc) is 2.32. The van der Waals surface area contributed by atoms with Gasteiger partial charge < -0.3 is 5.32 Å². The second kappa shape index (κ2) is 8.63. The third-order valence-corrected chi connectivity index (χ3v) is 3.73. The highest BCUT2D eigenvalue weighted by Gasteiger charge is 2.44. The van der Waals surface area contributed by atoms with Crippen LogP contribution in [-0.4, -0.2) is 37.3 Å². The number of hydrogen-bond acceptors (Lipinski definition) is 2. The number of piperazine rings is 1. The van der Waals surface area contributed by atoms with Crippen LogP contribution in [0.2, 0.25) is 0 Å². The standard InChI is InChI=1S/C12H14F3IN2.2ClH/c13-12(14,15)11(18-7-5-17-6-8-18)9-1-3-10(16)4-2-9;;/h1-4,11,17H,5-8H2;2*1H/t11-;;/m0../s1. The third kappa shape index (κ3) is 5.22. The fraction of sp³-hybridized carbons (Fsp3) is 0.500. The molecule has 0 bridgehead atoms. The highest BCUT2D eigenvalue weighted by Crippen LogP contribution is 2.37. The van der Waals surface area contributed by atoms with Crippen molar-refractivity contribution < 1.29 is 13.2 Å². The van der Waals surface area contributed by atoms with Crippen LogP contribution in [0.15, 0.2) is 24.3 Å². The average molecular weight is 443 g/mol. The number of nitrogens with one attached hydrogen (secondary N) is 1. The molecule has 1 aromatic rings. The molecular formula is C12H16Cl2F3IN2. The van der Waals surface area contributed by atoms with Crippen molar-refractivity contribution in [3.63, 3.8) is 0 Å². The number of benzene rings is 1. The van der Waals surface area contributed by atoms with Gasteiger partial charge in [0.15, 0.2) is 0 Å². The van der Waals surface area contributed by atoms with Crippen molar-refractivity contribution in [2.75, 3.05) is 26.2 Å². The van der Waals surface area contributed by atoms with E-state index in [9.17, 15) is 13.2 Å². The third-order valence-electron chi connectivity index (χ3n) is 3.01. The van der Waals surface area contributed by atoms with Gasteiger partial charge in [-0.05, 0) is 40.3 Å². The predicted molar refractivity (Wildman–Crippen MR) is 86.9 cm³/mol. The maximum absolute atomic E-state index is 13.2. The largest absolute Gasteiger partial charge is 0.408 e. The summed E-state index contributed by atoms with van der Waals surface area (Å²) in [6.07, 6.45) is -4.23. The molecule has 1 atom stereocenters. The maximum Gasteiger partial charge on any atom is 0.408 e. The van der Waals surface area contributed by atoms with E-state index in [1.807, 2.05) is 0 Å². The minimum absolute atomic E-state index is 0. The molecule has 1 aliphatic heterocycles. The molecule has 1 fully saturated rings. The number of rotatable bonds is 2. The molecule has 0 saturated carbocycles. The Hall–Kier alpha value is 0.240. The lowest BCUT2D eigenvalue weighted by atomic mass is 10.0. The highest BCUT2D eigenvalue weighted by atomic mass is 127. The Labute approximate surface area is 142 Å². The fourth-order valence-corrected chi connectivity index (χ4v) is 2.55. The number of halogens is 6. The van der Waals surface area contributed by atoms with Crippen LogP contribution in [0.1, 0.15) is 11.6 Å². The summed E-state index contributed by atoms with van der Waals surface area (Å²) >= 11 is 2.09. The first-order valence-corrected chi connectivity index (χ1v) is 6.83. The molecule has 0 unspecified atom stereocenters. The lowest BCUT2D eigenvalue weighted by Crippen LogP contribution is -2.49. The number of nitrogens with zero attached hydrogens (tertiary/aromatic N) is 1. The first-order valence-electron chi connectivity index (χ1n) is 5.75. The molecule has 2 rings (SSSR count). The van der Waals surface area contributed by atoms with Crippen LogP contribution < -0.4 is 5.32 Å². The van der Waals surface area contributed by atoms with Gasteiger partial charge in [0.25, 0.3) is 0 Å². The predicted octanol–water partition coefficient (Wildman–Crippen LogP) is 3.64. The van der Waals surface area contributed by atoms with E-state index in [2.05, 4.69) is 27.9 Å². The van der Waals surface area contributed by atoms with Crippen molar-refractivity contribution in [1.82, 2.24) is 10.2 Å². The molecule has 2 nitrogen and oxygen atoms in total. The summed E-state index contributed by atoms with van der Waals surface area (Å²) in [4.78, 5) is 1.50. The van der Waals surface area contributed by atoms with Crippen LogP contribution in [0.5, 0.6) is 0 Å². The molecule has 0 aromatic heterocycles. The Morgan fingerprint density at radius 1 is 1.05 bits per heavy atom. The van der Waals surface area contributed by atoms with E-state index in [-0.39, 0.29) is 24.8 Å². The lowest BCUT2D eigenvalue weighted by Gasteiger charge is -2.36. The minimum atomic E-state index is -4.23. The summed E-state index contributed by atoms with van der Waals surface area (Å²) in [6.45, 7) is 2.07. The Balaban J connectivity index is 0.00000180. The van der Waals surface area contributed by atoms with Crippen molar-refractivity contribution in [2.24, 2.45) is 0 Å². The quantitative estimate of drug-likeness (QED) is 0.703. The molecule has 0 aliphatic carbocycles. The van der Waals surface area contributed by atoms with Crippen molar-refractivity contribution in [3.8, 4) is 0 Å². The molecule has 1 aromatic carbocycles. The zero-order valence-electron chi connectivity index (χ0n) is 10.5. The molecule has 1 heterocycles. The van der Waals surface area contributed by atoms with Gasteiger partial charge in [0.2, 0.25) is 0 Å². The first kappa shape index (κ1) is 20.2. The molecule has 8 heteroatoms. The highest BCUT2D eigenvalue weighted by molar-refractivity contribution is 14.1. The lowest BCUT2D eigenvalue weighted by molar-refractivity contribution is -0.187. The van der Waals surface area contributed by atoms with Gasteiger partial charge in [-0.15, -0.1) is 24.8 Å². The molecule has 20 heavy (non-hydrogen) atoms. The van der Waals surface area contributed by atoms with Crippen molar-refractivity contribution in [1.29, 1.82) is 0 Å². The van der Waals surface area contributed by atoms with E-state index in [4.69, 9.17) is 0 Å². The van der Waals surface area contributed by atoms with E-state index in [0.717, 1.165) is 3.57 Å². The van der Waals surface area contributed by atoms with Crippen LogP contribution in [0.25, 0.3) is 0 Å². The topological polar surface area (TPSA) is 15.3 Å². The second-order valence-corrected chi connectivity index (χ2v) is 5.53. The number of hydrogen-bond donors (Lipinski definition) is 1. The zero-order valence-corrected chi connectivity index (χ0v) is 14.3. The molecule has 1 aliphatic rings. The van der Waals surface area contributed by atoms with Gasteiger partial charge >= 0.3 is 6.18 Å². The Morgan fingerprint density at radius 2 is 1.55 bits per heavy atom. The van der Waals surface area contributed by atoms with Gasteiger partial charge in [0.1, 0.15) is 6.04 Å². The van der Waals surface area contributed by atoms with Crippen LogP contribution >= 0.6 is 47.4 Å². The molecule has 116 valence electrons. The van der Waals surface area contributed by atoms with Gasteiger partial charge in [0.05, 0.1) is 0 Å². The number of alkyl halides is 3. The molecular weight excluding hydrogens is 427 g/mol. The smallest absolute Gasteiger partial charge is 0.314 e. The van der Waals surface area contributed by atoms with Crippen molar-refractivity contribution >= 4 is 47.4 Å². The fourth-order valence-electron chi connectivity index (χ4n) is 2.19. The minimum Gasteiger partial charge on any atom is -0.314 e. The van der Waals surface area contributed by atoms with E-state index in [0.29, 0.717) is 31.7 Å². The van der Waals surface area contributed by atoms with E-state index < -0.39 is 12.2 Å². The summed E-state index contributed by atoms with van der Waals surface area (Å²) in [5, 5.41) is 3.07. The van der Waals surface area contributed by atoms with Crippen LogP contribution in [-0.2, 0) is 0 Å². The Morgan fingerprint density at radius 3 is 2.00 bits per heavy atom. The van der Waals surface area contributed by atoms with Gasteiger partial charge in [-0.1, -0.05) is 12.1 Å². The van der Waals surface area contributed by atoms with Crippen LogP contribution in [0.4, 0.5) is 13.2 Å². The van der Waals surface area contributed by atoms with E-state index in [1.54, 1.807) is 24.3 Å². The van der Waals surface area contributed by atoms with Crippen molar-refractivity contribution in [3.05, 3.63) is 33.4 Å². The monoisotopic (exact) mass is 442 g/mol. The summed E-state index contributed by atoms with van der Waals surface area (Å²) in [6, 6.07) is 5.09. The summed E-state index contributed by atoms with van der Waals surface area (Å²) in [7, 11) is 0. The molecule has 1 saturated heterocycles. The van der Waals surface area contributed by atoms with Gasteiger partial charge in [-0.2, -0.15) is 13.2 Å². The summed E-state index contributed by atoms with van der Waals surface area (Å²) in [5.41, 5.74) is 0.324. The Kier molecular flexibility index (Phi) is 8.73. The van der Waals surface area contributed by atoms with Gasteiger partial charge in [-0.25, -0.2) is 0 Å².